The van der Waals surface area contributed by atoms with E-state index in [4.69, 9.17) is 5.73 Å². The molecule has 0 radical (unpaired) electrons. The first-order valence-electron chi connectivity index (χ1n) is 7.53. The average molecular weight is 316 g/mol. The van der Waals surface area contributed by atoms with Gasteiger partial charge in [0.1, 0.15) is 5.82 Å². The van der Waals surface area contributed by atoms with Gasteiger partial charge in [-0.25, -0.2) is 4.39 Å². The van der Waals surface area contributed by atoms with Gasteiger partial charge in [0, 0.05) is 18.2 Å². The van der Waals surface area contributed by atoms with Gasteiger partial charge in [0.05, 0.1) is 6.10 Å². The molecule has 0 saturated carbocycles. The Balaban J connectivity index is 1.91. The van der Waals surface area contributed by atoms with E-state index in [-0.39, 0.29) is 17.8 Å². The molecule has 2 atom stereocenters. The fourth-order valence-electron chi connectivity index (χ4n) is 2.31. The zero-order chi connectivity index (χ0) is 16.8. The van der Waals surface area contributed by atoms with Crippen molar-refractivity contribution in [3.8, 4) is 0 Å². The van der Waals surface area contributed by atoms with Crippen LogP contribution in [0.5, 0.6) is 0 Å². The molecule has 23 heavy (non-hydrogen) atoms. The Morgan fingerprint density at radius 1 is 1.17 bits per heavy atom. The molecule has 2 aromatic carbocycles. The molecule has 4 N–H and O–H groups in total. The van der Waals surface area contributed by atoms with Crippen LogP contribution in [0.4, 0.5) is 4.39 Å². The lowest BCUT2D eigenvalue weighted by atomic mass is 10.0. The number of nitrogens with one attached hydrogen (secondary N) is 1. The van der Waals surface area contributed by atoms with Gasteiger partial charge in [-0.2, -0.15) is 0 Å². The maximum Gasteiger partial charge on any atom is 0.251 e. The van der Waals surface area contributed by atoms with Crippen LogP contribution < -0.4 is 11.1 Å². The molecule has 0 spiro atoms. The number of hydrogen-bond acceptors (Lipinski definition) is 3. The van der Waals surface area contributed by atoms with E-state index in [1.165, 1.54) is 12.1 Å². The Bertz CT molecular complexity index is 641. The summed E-state index contributed by atoms with van der Waals surface area (Å²) in [6.45, 7) is 2.25. The summed E-state index contributed by atoms with van der Waals surface area (Å²) in [6.07, 6.45) is -0.413. The molecule has 5 heteroatoms. The molecule has 0 aliphatic heterocycles. The standard InChI is InChI=1S/C18H21FN2O2/c1-12(10-17(22)14-6-8-16(19)9-7-14)21-18(23)15-4-2-13(11-20)3-5-15/h2-9,12,17,22H,10-11,20H2,1H3,(H,21,23). The van der Waals surface area contributed by atoms with Crippen molar-refractivity contribution in [2.45, 2.75) is 32.0 Å². The second-order valence-electron chi connectivity index (χ2n) is 5.58. The van der Waals surface area contributed by atoms with Gasteiger partial charge < -0.3 is 16.2 Å². The number of halogens is 1. The summed E-state index contributed by atoms with van der Waals surface area (Å²) in [7, 11) is 0. The molecule has 0 aliphatic rings. The molecule has 0 aliphatic carbocycles. The molecular weight excluding hydrogens is 295 g/mol. The number of amides is 1. The first-order valence-corrected chi connectivity index (χ1v) is 7.53. The monoisotopic (exact) mass is 316 g/mol. The van der Waals surface area contributed by atoms with E-state index in [1.54, 1.807) is 24.3 Å². The molecule has 0 heterocycles. The normalized spacial score (nSPS) is 13.4. The first-order chi connectivity index (χ1) is 11.0. The molecule has 122 valence electrons. The Hall–Kier alpha value is -2.24. The number of nitrogens with two attached hydrogens (primary N) is 1. The van der Waals surface area contributed by atoms with E-state index < -0.39 is 6.10 Å². The minimum atomic E-state index is -0.759. The number of aliphatic hydroxyl groups is 1. The van der Waals surface area contributed by atoms with Crippen LogP contribution in [0.25, 0.3) is 0 Å². The SMILES string of the molecule is CC(CC(O)c1ccc(F)cc1)NC(=O)c1ccc(CN)cc1. The van der Waals surface area contributed by atoms with Crippen molar-refractivity contribution in [1.29, 1.82) is 0 Å². The lowest BCUT2D eigenvalue weighted by molar-refractivity contribution is 0.0917. The predicted molar refractivity (Wildman–Crippen MR) is 87.2 cm³/mol. The van der Waals surface area contributed by atoms with Gasteiger partial charge in [-0.1, -0.05) is 24.3 Å². The lowest BCUT2D eigenvalue weighted by Gasteiger charge is -2.18. The predicted octanol–water partition coefficient (Wildman–Crippen LogP) is 2.53. The van der Waals surface area contributed by atoms with Crippen LogP contribution in [-0.4, -0.2) is 17.1 Å². The number of aliphatic hydroxyl groups excluding tert-OH is 1. The van der Waals surface area contributed by atoms with Crippen LogP contribution in [0.3, 0.4) is 0 Å². The Kier molecular flexibility index (Phi) is 5.84. The maximum absolute atomic E-state index is 12.9. The highest BCUT2D eigenvalue weighted by Gasteiger charge is 2.15. The van der Waals surface area contributed by atoms with Crippen molar-refractivity contribution in [2.75, 3.05) is 0 Å². The van der Waals surface area contributed by atoms with E-state index >= 15 is 0 Å². The summed E-state index contributed by atoms with van der Waals surface area (Å²) in [6, 6.07) is 12.5. The molecule has 2 unspecified atom stereocenters. The van der Waals surface area contributed by atoms with Gasteiger partial charge in [0.25, 0.3) is 5.91 Å². The number of rotatable bonds is 6. The van der Waals surface area contributed by atoms with Gasteiger partial charge in [-0.15, -0.1) is 0 Å². The smallest absolute Gasteiger partial charge is 0.251 e. The van der Waals surface area contributed by atoms with Crippen molar-refractivity contribution in [3.05, 3.63) is 71.0 Å². The van der Waals surface area contributed by atoms with Crippen LogP contribution in [-0.2, 0) is 6.54 Å². The molecule has 2 rings (SSSR count). The molecule has 0 bridgehead atoms. The van der Waals surface area contributed by atoms with Gasteiger partial charge in [-0.3, -0.25) is 4.79 Å². The second-order valence-corrected chi connectivity index (χ2v) is 5.58. The Morgan fingerprint density at radius 3 is 2.35 bits per heavy atom. The average Bonchev–Trinajstić information content (AvgIpc) is 2.55. The van der Waals surface area contributed by atoms with Crippen molar-refractivity contribution in [1.82, 2.24) is 5.32 Å². The van der Waals surface area contributed by atoms with Crippen molar-refractivity contribution >= 4 is 5.91 Å². The van der Waals surface area contributed by atoms with Crippen LogP contribution >= 0.6 is 0 Å². The second kappa shape index (κ2) is 7.85. The molecule has 0 fully saturated rings. The third-order valence-corrected chi connectivity index (χ3v) is 3.66. The summed E-state index contributed by atoms with van der Waals surface area (Å²) in [5, 5.41) is 13.0. The molecule has 0 aromatic heterocycles. The summed E-state index contributed by atoms with van der Waals surface area (Å²) >= 11 is 0. The fourth-order valence-corrected chi connectivity index (χ4v) is 2.31. The van der Waals surface area contributed by atoms with Crippen LogP contribution in [0.2, 0.25) is 0 Å². The largest absolute Gasteiger partial charge is 0.388 e. The molecule has 1 amide bonds. The van der Waals surface area contributed by atoms with Gasteiger partial charge in [-0.05, 0) is 48.7 Å². The quantitative estimate of drug-likeness (QED) is 0.766. The topological polar surface area (TPSA) is 75.3 Å². The van der Waals surface area contributed by atoms with Crippen molar-refractivity contribution in [2.24, 2.45) is 5.73 Å². The number of hydrogen-bond donors (Lipinski definition) is 3. The van der Waals surface area contributed by atoms with E-state index in [1.807, 2.05) is 19.1 Å². The lowest BCUT2D eigenvalue weighted by Crippen LogP contribution is -2.33. The highest BCUT2D eigenvalue weighted by atomic mass is 19.1. The minimum Gasteiger partial charge on any atom is -0.388 e. The zero-order valence-corrected chi connectivity index (χ0v) is 13.0. The van der Waals surface area contributed by atoms with Crippen molar-refractivity contribution in [3.63, 3.8) is 0 Å². The van der Waals surface area contributed by atoms with Crippen LogP contribution in [0.15, 0.2) is 48.5 Å². The summed E-state index contributed by atoms with van der Waals surface area (Å²) in [5.74, 6) is -0.546. The third kappa shape index (κ3) is 4.87. The first kappa shape index (κ1) is 17.1. The van der Waals surface area contributed by atoms with Crippen molar-refractivity contribution < 1.29 is 14.3 Å². The van der Waals surface area contributed by atoms with Crippen LogP contribution in [0, 0.1) is 5.82 Å². The highest BCUT2D eigenvalue weighted by molar-refractivity contribution is 5.94. The maximum atomic E-state index is 12.9. The van der Waals surface area contributed by atoms with E-state index in [9.17, 15) is 14.3 Å². The third-order valence-electron chi connectivity index (χ3n) is 3.66. The van der Waals surface area contributed by atoms with E-state index in [0.29, 0.717) is 24.1 Å². The van der Waals surface area contributed by atoms with Gasteiger partial charge in [0.15, 0.2) is 0 Å². The van der Waals surface area contributed by atoms with Crippen LogP contribution in [0.1, 0.15) is 40.9 Å². The Morgan fingerprint density at radius 2 is 1.78 bits per heavy atom. The summed E-state index contributed by atoms with van der Waals surface area (Å²) in [4.78, 5) is 12.1. The van der Waals surface area contributed by atoms with E-state index in [0.717, 1.165) is 5.56 Å². The minimum absolute atomic E-state index is 0.202. The van der Waals surface area contributed by atoms with E-state index in [2.05, 4.69) is 5.32 Å². The molecule has 0 saturated heterocycles. The highest BCUT2D eigenvalue weighted by Crippen LogP contribution is 2.18. The molecule has 4 nitrogen and oxygen atoms in total. The molecular formula is C18H21FN2O2. The number of benzene rings is 2. The summed E-state index contributed by atoms with van der Waals surface area (Å²) in [5.41, 5.74) is 7.66. The van der Waals surface area contributed by atoms with Gasteiger partial charge in [0.2, 0.25) is 0 Å². The fraction of sp³-hybridized carbons (Fsp3) is 0.278. The number of carbonyl (C=O) groups is 1. The number of carbonyl (C=O) groups excluding carboxylic acids is 1. The molecule has 2 aromatic rings. The van der Waals surface area contributed by atoms with Gasteiger partial charge >= 0.3 is 0 Å². The zero-order valence-electron chi connectivity index (χ0n) is 13.0. The Labute approximate surface area is 135 Å². The summed E-state index contributed by atoms with van der Waals surface area (Å²) < 4.78 is 12.9.